The third-order valence-electron chi connectivity index (χ3n) is 5.35. The Labute approximate surface area is 146 Å². The fourth-order valence-electron chi connectivity index (χ4n) is 3.99. The van der Waals surface area contributed by atoms with Gasteiger partial charge in [0.2, 0.25) is 0 Å². The molecule has 0 radical (unpaired) electrons. The molecule has 6 heteroatoms. The van der Waals surface area contributed by atoms with E-state index in [9.17, 15) is 4.79 Å². The first-order valence-electron chi connectivity index (χ1n) is 8.67. The predicted molar refractivity (Wildman–Crippen MR) is 94.6 cm³/mol. The summed E-state index contributed by atoms with van der Waals surface area (Å²) >= 11 is 0. The largest absolute Gasteiger partial charge is 0.350 e. The molecule has 1 aromatic carbocycles. The molecular formula is C19H22N4O2. The van der Waals surface area contributed by atoms with E-state index in [1.807, 2.05) is 18.7 Å². The minimum Gasteiger partial charge on any atom is -0.350 e. The molecule has 3 aromatic rings. The Morgan fingerprint density at radius 2 is 1.96 bits per heavy atom. The van der Waals surface area contributed by atoms with Gasteiger partial charge in [-0.25, -0.2) is 4.63 Å². The molecule has 1 saturated heterocycles. The summed E-state index contributed by atoms with van der Waals surface area (Å²) in [7, 11) is 0. The van der Waals surface area contributed by atoms with E-state index >= 15 is 0 Å². The number of nitrogens with zero attached hydrogens (tertiary/aromatic N) is 3. The van der Waals surface area contributed by atoms with E-state index < -0.39 is 0 Å². The number of hydrogen-bond donors (Lipinski definition) is 1. The van der Waals surface area contributed by atoms with Gasteiger partial charge >= 0.3 is 0 Å². The lowest BCUT2D eigenvalue weighted by molar-refractivity contribution is 0.0724. The molecule has 3 heterocycles. The number of aromatic amines is 1. The van der Waals surface area contributed by atoms with Crippen molar-refractivity contribution in [2.45, 2.75) is 46.6 Å². The highest BCUT2D eigenvalue weighted by atomic mass is 16.6. The summed E-state index contributed by atoms with van der Waals surface area (Å²) in [5.74, 6) is 0.0254. The minimum atomic E-state index is -0.0632. The van der Waals surface area contributed by atoms with Crippen LogP contribution in [0.25, 0.3) is 10.9 Å². The van der Waals surface area contributed by atoms with Gasteiger partial charge in [0.15, 0.2) is 0 Å². The molecule has 0 unspecified atom stereocenters. The number of carbonyl (C=O) groups is 1. The molecule has 1 aliphatic heterocycles. The van der Waals surface area contributed by atoms with Crippen LogP contribution < -0.4 is 0 Å². The number of hydrogen-bond acceptors (Lipinski definition) is 4. The number of rotatable bonds is 2. The first kappa shape index (κ1) is 15.9. The number of nitrogens with one attached hydrogen (secondary N) is 1. The van der Waals surface area contributed by atoms with E-state index in [1.54, 1.807) is 0 Å². The minimum absolute atomic E-state index is 0.0254. The number of carbonyl (C=O) groups excluding carboxylic acids is 1. The van der Waals surface area contributed by atoms with E-state index in [0.29, 0.717) is 5.69 Å². The summed E-state index contributed by atoms with van der Waals surface area (Å²) in [5.41, 5.74) is 6.60. The number of fused-ring (bicyclic) bond motifs is 1. The highest BCUT2D eigenvalue weighted by molar-refractivity contribution is 6.02. The van der Waals surface area contributed by atoms with E-state index in [1.165, 1.54) is 5.56 Å². The molecule has 1 aliphatic rings. The molecule has 2 aromatic heterocycles. The Balaban J connectivity index is 1.77. The zero-order valence-electron chi connectivity index (χ0n) is 15.0. The molecule has 0 aliphatic carbocycles. The normalized spacial score (nSPS) is 17.6. The third kappa shape index (κ3) is 2.35. The van der Waals surface area contributed by atoms with Crippen molar-refractivity contribution >= 4 is 16.8 Å². The van der Waals surface area contributed by atoms with Crippen molar-refractivity contribution in [3.8, 4) is 0 Å². The standard InChI is InChI=1S/C19H22N4O2/c1-10-7-8-11(2)16-15(10)12(3)17(20-16)19(24)23-9-5-6-14(23)18-13(4)21-25-22-18/h7-8,14,20H,5-6,9H2,1-4H3/t14-/m0/s1. The van der Waals surface area contributed by atoms with Crippen molar-refractivity contribution in [3.05, 3.63) is 45.9 Å². The van der Waals surface area contributed by atoms with Crippen LogP contribution in [0.15, 0.2) is 16.8 Å². The highest BCUT2D eigenvalue weighted by Crippen LogP contribution is 2.35. The van der Waals surface area contributed by atoms with Crippen molar-refractivity contribution in [3.63, 3.8) is 0 Å². The number of amides is 1. The maximum atomic E-state index is 13.3. The summed E-state index contributed by atoms with van der Waals surface area (Å²) in [6.07, 6.45) is 1.85. The number of benzene rings is 1. The summed E-state index contributed by atoms with van der Waals surface area (Å²) in [6, 6.07) is 4.13. The zero-order chi connectivity index (χ0) is 17.7. The lowest BCUT2D eigenvalue weighted by atomic mass is 10.0. The van der Waals surface area contributed by atoms with Gasteiger partial charge in [0.25, 0.3) is 5.91 Å². The first-order valence-corrected chi connectivity index (χ1v) is 8.67. The van der Waals surface area contributed by atoms with Gasteiger partial charge in [-0.2, -0.15) is 0 Å². The average Bonchev–Trinajstić information content (AvgIpc) is 3.29. The van der Waals surface area contributed by atoms with Gasteiger partial charge in [-0.3, -0.25) is 4.79 Å². The number of H-pyrrole nitrogens is 1. The second kappa shape index (κ2) is 5.72. The maximum Gasteiger partial charge on any atom is 0.271 e. The van der Waals surface area contributed by atoms with Crippen LogP contribution in [0, 0.1) is 27.7 Å². The molecule has 25 heavy (non-hydrogen) atoms. The molecule has 130 valence electrons. The molecule has 1 fully saturated rings. The summed E-state index contributed by atoms with van der Waals surface area (Å²) in [6.45, 7) is 8.76. The summed E-state index contributed by atoms with van der Waals surface area (Å²) in [4.78, 5) is 18.6. The predicted octanol–water partition coefficient (Wildman–Crippen LogP) is 3.76. The van der Waals surface area contributed by atoms with E-state index in [0.717, 1.165) is 52.8 Å². The molecule has 1 amide bonds. The maximum absolute atomic E-state index is 13.3. The van der Waals surface area contributed by atoms with Crippen LogP contribution in [0.1, 0.15) is 57.5 Å². The number of aromatic nitrogens is 3. The molecule has 1 atom stereocenters. The van der Waals surface area contributed by atoms with Crippen molar-refractivity contribution in [1.29, 1.82) is 0 Å². The van der Waals surface area contributed by atoms with Gasteiger partial charge < -0.3 is 9.88 Å². The first-order chi connectivity index (χ1) is 12.0. The smallest absolute Gasteiger partial charge is 0.271 e. The quantitative estimate of drug-likeness (QED) is 0.772. The van der Waals surface area contributed by atoms with Gasteiger partial charge in [0.05, 0.1) is 6.04 Å². The SMILES string of the molecule is Cc1nonc1[C@@H]1CCCN1C(=O)c1[nH]c2c(C)ccc(C)c2c1C. The van der Waals surface area contributed by atoms with Gasteiger partial charge in [0.1, 0.15) is 17.1 Å². The van der Waals surface area contributed by atoms with Crippen molar-refractivity contribution in [1.82, 2.24) is 20.2 Å². The zero-order valence-corrected chi connectivity index (χ0v) is 15.0. The topological polar surface area (TPSA) is 75.0 Å². The van der Waals surface area contributed by atoms with E-state index in [4.69, 9.17) is 4.63 Å². The lowest BCUT2D eigenvalue weighted by Crippen LogP contribution is -2.31. The van der Waals surface area contributed by atoms with Gasteiger partial charge in [-0.15, -0.1) is 0 Å². The Morgan fingerprint density at radius 3 is 2.64 bits per heavy atom. The van der Waals surface area contributed by atoms with E-state index in [-0.39, 0.29) is 11.9 Å². The lowest BCUT2D eigenvalue weighted by Gasteiger charge is -2.23. The Morgan fingerprint density at radius 1 is 1.20 bits per heavy atom. The third-order valence-corrected chi connectivity index (χ3v) is 5.35. The van der Waals surface area contributed by atoms with Crippen molar-refractivity contribution < 1.29 is 9.42 Å². The molecule has 0 bridgehead atoms. The van der Waals surface area contributed by atoms with Crippen LogP contribution in [0.2, 0.25) is 0 Å². The monoisotopic (exact) mass is 338 g/mol. The second-order valence-electron chi connectivity index (χ2n) is 6.97. The van der Waals surface area contributed by atoms with Crippen LogP contribution in [-0.2, 0) is 0 Å². The highest BCUT2D eigenvalue weighted by Gasteiger charge is 2.35. The molecule has 0 spiro atoms. The van der Waals surface area contributed by atoms with Gasteiger partial charge in [0, 0.05) is 17.4 Å². The van der Waals surface area contributed by atoms with Crippen molar-refractivity contribution in [2.75, 3.05) is 6.54 Å². The molecule has 0 saturated carbocycles. The summed E-state index contributed by atoms with van der Waals surface area (Å²) < 4.78 is 4.85. The number of likely N-dealkylation sites (tertiary alicyclic amines) is 1. The molecular weight excluding hydrogens is 316 g/mol. The Kier molecular flexibility index (Phi) is 3.63. The van der Waals surface area contributed by atoms with Gasteiger partial charge in [-0.1, -0.05) is 22.4 Å². The molecule has 6 nitrogen and oxygen atoms in total. The van der Waals surface area contributed by atoms with Crippen LogP contribution in [-0.4, -0.2) is 32.6 Å². The molecule has 4 rings (SSSR count). The van der Waals surface area contributed by atoms with Crippen LogP contribution in [0.3, 0.4) is 0 Å². The van der Waals surface area contributed by atoms with Crippen LogP contribution in [0.4, 0.5) is 0 Å². The fourth-order valence-corrected chi connectivity index (χ4v) is 3.99. The van der Waals surface area contributed by atoms with Crippen molar-refractivity contribution in [2.24, 2.45) is 0 Å². The van der Waals surface area contributed by atoms with Crippen LogP contribution >= 0.6 is 0 Å². The molecule has 1 N–H and O–H groups in total. The second-order valence-corrected chi connectivity index (χ2v) is 6.97. The number of aryl methyl sites for hydroxylation is 4. The van der Waals surface area contributed by atoms with Gasteiger partial charge in [-0.05, 0) is 57.2 Å². The summed E-state index contributed by atoms with van der Waals surface area (Å²) in [5, 5.41) is 9.05. The Bertz CT molecular complexity index is 969. The average molecular weight is 338 g/mol. The van der Waals surface area contributed by atoms with E-state index in [2.05, 4.69) is 41.3 Å². The Hall–Kier alpha value is -2.63. The van der Waals surface area contributed by atoms with Crippen LogP contribution in [0.5, 0.6) is 0 Å². The fraction of sp³-hybridized carbons (Fsp3) is 0.421.